The van der Waals surface area contributed by atoms with Crippen LogP contribution in [0.3, 0.4) is 0 Å². The zero-order valence-corrected chi connectivity index (χ0v) is 9.08. The predicted molar refractivity (Wildman–Crippen MR) is 58.9 cm³/mol. The molecule has 74 valence electrons. The summed E-state index contributed by atoms with van der Waals surface area (Å²) in [5.41, 5.74) is 1.25. The molecule has 1 nitrogen and oxygen atoms in total. The van der Waals surface area contributed by atoms with Crippen LogP contribution >= 0.6 is 11.6 Å². The molecular formula is C12H13ClO. The Morgan fingerprint density at radius 1 is 1.21 bits per heavy atom. The zero-order valence-electron chi connectivity index (χ0n) is 8.33. The van der Waals surface area contributed by atoms with Crippen LogP contribution in [0.25, 0.3) is 0 Å². The molecule has 0 saturated heterocycles. The molecule has 2 aliphatic rings. The summed E-state index contributed by atoms with van der Waals surface area (Å²) in [6, 6.07) is 0. The van der Waals surface area contributed by atoms with Gasteiger partial charge in [0.25, 0.3) is 0 Å². The van der Waals surface area contributed by atoms with E-state index < -0.39 is 0 Å². The normalized spacial score (nSPS) is 30.1. The van der Waals surface area contributed by atoms with Crippen LogP contribution in [0, 0.1) is 11.8 Å². The number of allylic oxidation sites excluding steroid dienone is 7. The Balaban J connectivity index is 2.42. The molecule has 0 bridgehead atoms. The molecule has 14 heavy (non-hydrogen) atoms. The highest BCUT2D eigenvalue weighted by Crippen LogP contribution is 2.39. The molecule has 0 heterocycles. The Kier molecular flexibility index (Phi) is 2.51. The van der Waals surface area contributed by atoms with Crippen molar-refractivity contribution in [1.82, 2.24) is 0 Å². The molecule has 0 aromatic carbocycles. The monoisotopic (exact) mass is 208 g/mol. The zero-order chi connectivity index (χ0) is 10.1. The molecule has 2 unspecified atom stereocenters. The first-order chi connectivity index (χ1) is 6.74. The molecule has 2 aliphatic carbocycles. The van der Waals surface area contributed by atoms with Crippen molar-refractivity contribution in [1.29, 1.82) is 0 Å². The third-order valence-corrected chi connectivity index (χ3v) is 3.19. The highest BCUT2D eigenvalue weighted by molar-refractivity contribution is 6.30. The van der Waals surface area contributed by atoms with Crippen molar-refractivity contribution >= 4 is 11.6 Å². The number of ether oxygens (including phenoxy) is 1. The second kappa shape index (κ2) is 3.66. The molecular weight excluding hydrogens is 196 g/mol. The standard InChI is InChI=1S/C12H13ClO/c1-8-9-5-3-4-6-10(9)11(13)7-12(8)14-2/h3-7,9-10H,1-2H3. The van der Waals surface area contributed by atoms with Gasteiger partial charge in [0, 0.05) is 16.9 Å². The third-order valence-electron chi connectivity index (χ3n) is 2.83. The van der Waals surface area contributed by atoms with Gasteiger partial charge in [-0.25, -0.2) is 0 Å². The molecule has 2 atom stereocenters. The quantitative estimate of drug-likeness (QED) is 0.642. The molecule has 2 rings (SSSR count). The summed E-state index contributed by atoms with van der Waals surface area (Å²) >= 11 is 6.19. The fourth-order valence-corrected chi connectivity index (χ4v) is 2.31. The minimum Gasteiger partial charge on any atom is -0.497 e. The molecule has 0 fully saturated rings. The SMILES string of the molecule is COC1=C(C)C2C=CC=CC2C(Cl)=C1. The van der Waals surface area contributed by atoms with Crippen molar-refractivity contribution in [3.05, 3.63) is 46.7 Å². The van der Waals surface area contributed by atoms with Crippen LogP contribution in [0.5, 0.6) is 0 Å². The molecule has 0 aromatic heterocycles. The second-order valence-electron chi connectivity index (χ2n) is 3.60. The van der Waals surface area contributed by atoms with Gasteiger partial charge in [-0.05, 0) is 18.6 Å². The fourth-order valence-electron chi connectivity index (χ4n) is 2.00. The van der Waals surface area contributed by atoms with Crippen molar-refractivity contribution in [2.75, 3.05) is 7.11 Å². The molecule has 0 aromatic rings. The first-order valence-electron chi connectivity index (χ1n) is 4.71. The molecule has 0 radical (unpaired) electrons. The Morgan fingerprint density at radius 2 is 1.86 bits per heavy atom. The second-order valence-corrected chi connectivity index (χ2v) is 4.04. The van der Waals surface area contributed by atoms with Gasteiger partial charge in [-0.1, -0.05) is 35.9 Å². The number of methoxy groups -OCH3 is 1. The lowest BCUT2D eigenvalue weighted by Crippen LogP contribution is -2.19. The maximum absolute atomic E-state index is 6.19. The van der Waals surface area contributed by atoms with E-state index in [1.807, 2.05) is 12.2 Å². The topological polar surface area (TPSA) is 9.23 Å². The number of fused-ring (bicyclic) bond motifs is 1. The Labute approximate surface area is 89.4 Å². The van der Waals surface area contributed by atoms with Crippen LogP contribution < -0.4 is 0 Å². The molecule has 0 N–H and O–H groups in total. The van der Waals surface area contributed by atoms with Crippen LogP contribution in [0.2, 0.25) is 0 Å². The fraction of sp³-hybridized carbons (Fsp3) is 0.333. The Hall–Kier alpha value is -0.950. The van der Waals surface area contributed by atoms with E-state index in [1.165, 1.54) is 5.57 Å². The van der Waals surface area contributed by atoms with Gasteiger partial charge >= 0.3 is 0 Å². The maximum Gasteiger partial charge on any atom is 0.119 e. The summed E-state index contributed by atoms with van der Waals surface area (Å²) in [5.74, 6) is 1.57. The number of rotatable bonds is 1. The first-order valence-corrected chi connectivity index (χ1v) is 5.08. The van der Waals surface area contributed by atoms with E-state index in [0.29, 0.717) is 11.8 Å². The van der Waals surface area contributed by atoms with Gasteiger partial charge in [0.15, 0.2) is 0 Å². The van der Waals surface area contributed by atoms with E-state index in [4.69, 9.17) is 16.3 Å². The summed E-state index contributed by atoms with van der Waals surface area (Å²) in [4.78, 5) is 0. The molecule has 0 spiro atoms. The van der Waals surface area contributed by atoms with Crippen LogP contribution in [0.4, 0.5) is 0 Å². The minimum absolute atomic E-state index is 0.306. The van der Waals surface area contributed by atoms with Crippen molar-refractivity contribution in [3.8, 4) is 0 Å². The highest BCUT2D eigenvalue weighted by Gasteiger charge is 2.28. The van der Waals surface area contributed by atoms with E-state index in [9.17, 15) is 0 Å². The molecule has 0 saturated carbocycles. The minimum atomic E-state index is 0.306. The first kappa shape index (κ1) is 9.60. The van der Waals surface area contributed by atoms with Crippen LogP contribution in [-0.4, -0.2) is 7.11 Å². The molecule has 2 heteroatoms. The molecule has 0 amide bonds. The van der Waals surface area contributed by atoms with Gasteiger partial charge in [-0.15, -0.1) is 0 Å². The number of hydrogen-bond donors (Lipinski definition) is 0. The Bertz CT molecular complexity index is 361. The largest absolute Gasteiger partial charge is 0.497 e. The van der Waals surface area contributed by atoms with Crippen molar-refractivity contribution in [2.24, 2.45) is 11.8 Å². The van der Waals surface area contributed by atoms with Gasteiger partial charge in [-0.3, -0.25) is 0 Å². The Morgan fingerprint density at radius 3 is 2.50 bits per heavy atom. The van der Waals surface area contributed by atoms with Crippen molar-refractivity contribution < 1.29 is 4.74 Å². The summed E-state index contributed by atoms with van der Waals surface area (Å²) in [7, 11) is 1.68. The van der Waals surface area contributed by atoms with Crippen LogP contribution in [0.1, 0.15) is 6.92 Å². The van der Waals surface area contributed by atoms with Gasteiger partial charge in [0.2, 0.25) is 0 Å². The molecule has 0 aliphatic heterocycles. The summed E-state index contributed by atoms with van der Waals surface area (Å²) in [6.07, 6.45) is 10.3. The van der Waals surface area contributed by atoms with Gasteiger partial charge < -0.3 is 4.74 Å². The van der Waals surface area contributed by atoms with Crippen LogP contribution in [-0.2, 0) is 4.74 Å². The van der Waals surface area contributed by atoms with E-state index in [1.54, 1.807) is 7.11 Å². The number of halogens is 1. The van der Waals surface area contributed by atoms with E-state index in [0.717, 1.165) is 10.8 Å². The highest BCUT2D eigenvalue weighted by atomic mass is 35.5. The summed E-state index contributed by atoms with van der Waals surface area (Å²) in [6.45, 7) is 2.10. The van der Waals surface area contributed by atoms with E-state index >= 15 is 0 Å². The predicted octanol–water partition coefficient (Wildman–Crippen LogP) is 3.40. The average molecular weight is 209 g/mol. The summed E-state index contributed by atoms with van der Waals surface area (Å²) < 4.78 is 5.28. The van der Waals surface area contributed by atoms with Crippen molar-refractivity contribution in [3.63, 3.8) is 0 Å². The average Bonchev–Trinajstić information content (AvgIpc) is 2.23. The van der Waals surface area contributed by atoms with Crippen molar-refractivity contribution in [2.45, 2.75) is 6.92 Å². The van der Waals surface area contributed by atoms with Gasteiger partial charge in [-0.2, -0.15) is 0 Å². The number of hydrogen-bond acceptors (Lipinski definition) is 1. The van der Waals surface area contributed by atoms with Gasteiger partial charge in [0.1, 0.15) is 5.76 Å². The van der Waals surface area contributed by atoms with E-state index in [2.05, 4.69) is 25.2 Å². The summed E-state index contributed by atoms with van der Waals surface area (Å²) in [5, 5.41) is 0.859. The maximum atomic E-state index is 6.19. The lowest BCUT2D eigenvalue weighted by Gasteiger charge is -2.29. The van der Waals surface area contributed by atoms with Gasteiger partial charge in [0.05, 0.1) is 7.11 Å². The van der Waals surface area contributed by atoms with Crippen LogP contribution in [0.15, 0.2) is 46.7 Å². The smallest absolute Gasteiger partial charge is 0.119 e. The third kappa shape index (κ3) is 1.42. The lowest BCUT2D eigenvalue weighted by molar-refractivity contribution is 0.292. The van der Waals surface area contributed by atoms with E-state index in [-0.39, 0.29) is 0 Å². The lowest BCUT2D eigenvalue weighted by atomic mass is 9.79.